The van der Waals surface area contributed by atoms with Crippen molar-refractivity contribution in [2.45, 2.75) is 63.0 Å². The highest BCUT2D eigenvalue weighted by Crippen LogP contribution is 2.54. The predicted octanol–water partition coefficient (Wildman–Crippen LogP) is 7.39. The molecule has 75 heavy (non-hydrogen) atoms. The number of benzene rings is 4. The highest BCUT2D eigenvalue weighted by molar-refractivity contribution is 7.89. The van der Waals surface area contributed by atoms with Gasteiger partial charge in [-0.1, -0.05) is 48.5 Å². The molecule has 6 aromatic rings. The number of ether oxygens (including phenoxy) is 4. The summed E-state index contributed by atoms with van der Waals surface area (Å²) in [4.78, 5) is 59.1. The first kappa shape index (κ1) is 53.1. The number of fused-ring (bicyclic) bond motifs is 2. The summed E-state index contributed by atoms with van der Waals surface area (Å²) >= 11 is 0. The summed E-state index contributed by atoms with van der Waals surface area (Å²) in [7, 11) is -6.90. The summed E-state index contributed by atoms with van der Waals surface area (Å²) in [5.41, 5.74) is 3.34. The molecule has 392 valence electrons. The van der Waals surface area contributed by atoms with Crippen molar-refractivity contribution in [2.75, 3.05) is 23.1 Å². The van der Waals surface area contributed by atoms with E-state index in [2.05, 4.69) is 44.7 Å². The molecule has 4 heterocycles. The van der Waals surface area contributed by atoms with Gasteiger partial charge >= 0.3 is 18.6 Å². The van der Waals surface area contributed by atoms with Crippen LogP contribution < -0.4 is 39.4 Å². The Morgan fingerprint density at radius 2 is 0.960 bits per heavy atom. The molecule has 0 spiro atoms. The number of pyridine rings is 2. The molecule has 25 heteroatoms. The van der Waals surface area contributed by atoms with E-state index < -0.39 is 55.3 Å². The van der Waals surface area contributed by atoms with Crippen LogP contribution in [0.1, 0.15) is 68.7 Å². The maximum Gasteiger partial charge on any atom is 0.586 e. The van der Waals surface area contributed by atoms with E-state index in [9.17, 15) is 58.7 Å². The smallest absolute Gasteiger partial charge is 0.478 e. The summed E-state index contributed by atoms with van der Waals surface area (Å²) in [5.74, 6) is -2.32. The lowest BCUT2D eigenvalue weighted by molar-refractivity contribution is -0.287. The number of carbonyl (C=O) groups excluding carboxylic acids is 3. The van der Waals surface area contributed by atoms with Crippen molar-refractivity contribution in [2.24, 2.45) is 5.14 Å². The third kappa shape index (κ3) is 12.4. The number of nitrogens with one attached hydrogen (secondary N) is 3. The van der Waals surface area contributed by atoms with E-state index in [1.807, 2.05) is 18.6 Å². The van der Waals surface area contributed by atoms with E-state index in [4.69, 9.17) is 0 Å². The number of amides is 3. The minimum Gasteiger partial charge on any atom is -0.478 e. The van der Waals surface area contributed by atoms with Crippen LogP contribution in [0.5, 0.6) is 23.0 Å². The van der Waals surface area contributed by atoms with E-state index in [0.717, 1.165) is 23.6 Å². The average Bonchev–Trinajstić information content (AvgIpc) is 4.25. The van der Waals surface area contributed by atoms with Gasteiger partial charge in [0, 0.05) is 16.7 Å². The number of aryl methyl sites for hydroxylation is 2. The molecule has 3 amide bonds. The molecule has 0 unspecified atom stereocenters. The normalized spacial score (nSPS) is 16.4. The molecule has 2 saturated carbocycles. The number of carboxylic acids is 1. The predicted molar refractivity (Wildman–Crippen MR) is 261 cm³/mol. The molecule has 2 aliphatic carbocycles. The fourth-order valence-electron chi connectivity index (χ4n) is 8.12. The van der Waals surface area contributed by atoms with Crippen LogP contribution in [0.25, 0.3) is 22.5 Å². The van der Waals surface area contributed by atoms with Crippen molar-refractivity contribution < 1.29 is 77.6 Å². The molecular formula is C50H44F4N6O13S2. The number of hydrogen-bond donors (Lipinski definition) is 5. The third-order valence-electron chi connectivity index (χ3n) is 12.0. The Morgan fingerprint density at radius 1 is 0.573 bits per heavy atom. The number of anilines is 2. The first-order valence-electron chi connectivity index (χ1n) is 22.4. The van der Waals surface area contributed by atoms with Crippen LogP contribution in [0.4, 0.5) is 29.2 Å². The van der Waals surface area contributed by atoms with E-state index >= 15 is 0 Å². The monoisotopic (exact) mass is 1080 g/mol. The molecule has 2 fully saturated rings. The van der Waals surface area contributed by atoms with Crippen LogP contribution in [0.2, 0.25) is 0 Å². The highest BCUT2D eigenvalue weighted by atomic mass is 32.2. The number of carbonyl (C=O) groups is 4. The standard InChI is InChI=1S/C25H21F2N3O6S.C24H18F2N2O5.CH5NO2S/c1-14-6-9-20(28-21(14)15-4-3-5-16(12-15)22(31)30-37(2,33)34)29-23(32)24(10-11-24)17-7-8-18-19(13-17)36-25(26,27)35-18;1-13-5-8-19(27-20(13)14-3-2-4-15(11-14)21(29)30)28-22(31)23(9-10-23)16-6-7-17-18(12-16)33-24(25,26)32-17;1-5(2,3)4/h3-9,12-13H,10-11H2,1-2H3,(H,30,31)(H,28,29,32);2-8,11-12H,9-10H2,1H3,(H,29,30)(H,27,28,31);1H3,(H2,2,3,4). The number of carboxylic acid groups (broad SMARTS) is 1. The maximum absolute atomic E-state index is 13.4. The van der Waals surface area contributed by atoms with Gasteiger partial charge < -0.3 is 34.7 Å². The number of alkyl halides is 4. The van der Waals surface area contributed by atoms with Gasteiger partial charge in [-0.25, -0.2) is 41.5 Å². The molecule has 4 aliphatic rings. The summed E-state index contributed by atoms with van der Waals surface area (Å²) in [5, 5.41) is 19.2. The zero-order valence-electron chi connectivity index (χ0n) is 39.9. The molecule has 6 N–H and O–H groups in total. The van der Waals surface area contributed by atoms with Crippen LogP contribution in [-0.2, 0) is 40.5 Å². The van der Waals surface area contributed by atoms with Crippen molar-refractivity contribution >= 4 is 55.4 Å². The first-order chi connectivity index (χ1) is 35.0. The average molecular weight is 1080 g/mol. The lowest BCUT2D eigenvalue weighted by Crippen LogP contribution is -2.29. The Bertz CT molecular complexity index is 3550. The number of primary sulfonamides is 1. The largest absolute Gasteiger partial charge is 0.586 e. The van der Waals surface area contributed by atoms with Gasteiger partial charge in [-0.2, -0.15) is 0 Å². The molecular weight excluding hydrogens is 1030 g/mol. The van der Waals surface area contributed by atoms with E-state index in [-0.39, 0.29) is 51.8 Å². The van der Waals surface area contributed by atoms with Gasteiger partial charge in [0.15, 0.2) is 23.0 Å². The Balaban J connectivity index is 0.000000184. The van der Waals surface area contributed by atoms with Crippen molar-refractivity contribution in [3.63, 3.8) is 0 Å². The molecule has 2 aliphatic heterocycles. The van der Waals surface area contributed by atoms with Crippen molar-refractivity contribution in [1.29, 1.82) is 0 Å². The van der Waals surface area contributed by atoms with E-state index in [0.29, 0.717) is 65.1 Å². The topological polar surface area (TPSA) is 282 Å². The summed E-state index contributed by atoms with van der Waals surface area (Å²) in [6, 6.07) is 28.2. The second-order valence-electron chi connectivity index (χ2n) is 18.0. The number of aromatic nitrogens is 2. The van der Waals surface area contributed by atoms with E-state index in [1.54, 1.807) is 60.7 Å². The molecule has 0 radical (unpaired) electrons. The summed E-state index contributed by atoms with van der Waals surface area (Å²) in [6.07, 6.45) is -3.51. The van der Waals surface area contributed by atoms with Gasteiger partial charge in [-0.15, -0.1) is 17.6 Å². The van der Waals surface area contributed by atoms with E-state index in [1.165, 1.54) is 48.5 Å². The Labute approximate surface area is 425 Å². The number of aromatic carboxylic acids is 1. The lowest BCUT2D eigenvalue weighted by Gasteiger charge is -2.17. The lowest BCUT2D eigenvalue weighted by atomic mass is 9.94. The van der Waals surface area contributed by atoms with Crippen LogP contribution in [0, 0.1) is 13.8 Å². The number of hydrogen-bond acceptors (Lipinski definition) is 14. The molecule has 0 saturated heterocycles. The van der Waals surface area contributed by atoms with Gasteiger partial charge in [-0.3, -0.25) is 14.4 Å². The number of sulfonamides is 2. The summed E-state index contributed by atoms with van der Waals surface area (Å²) in [6.45, 7) is 3.65. The fourth-order valence-corrected chi connectivity index (χ4v) is 8.58. The zero-order chi connectivity index (χ0) is 54.5. The minimum atomic E-state index is -3.75. The van der Waals surface area contributed by atoms with Gasteiger partial charge in [0.1, 0.15) is 11.6 Å². The minimum absolute atomic E-state index is 0.0756. The highest BCUT2D eigenvalue weighted by Gasteiger charge is 2.54. The second kappa shape index (κ2) is 19.6. The number of nitrogens with zero attached hydrogens (tertiary/aromatic N) is 2. The van der Waals surface area contributed by atoms with Crippen molar-refractivity contribution in [3.05, 3.63) is 143 Å². The molecule has 4 aromatic carbocycles. The van der Waals surface area contributed by atoms with Gasteiger partial charge in [0.25, 0.3) is 5.91 Å². The van der Waals surface area contributed by atoms with Gasteiger partial charge in [0.2, 0.25) is 31.9 Å². The Kier molecular flexibility index (Phi) is 13.9. The first-order valence-corrected chi connectivity index (χ1v) is 26.2. The third-order valence-corrected chi connectivity index (χ3v) is 12.6. The Hall–Kier alpha value is -8.16. The molecule has 2 aromatic heterocycles. The van der Waals surface area contributed by atoms with Gasteiger partial charge in [-0.05, 0) is 122 Å². The SMILES string of the molecule is CS(N)(=O)=O.Cc1ccc(NC(=O)C2(c3ccc4c(c3)OC(F)(F)O4)CC2)nc1-c1cccc(C(=O)NS(C)(=O)=O)c1.Cc1ccc(NC(=O)C2(c3ccc4c(c3)OC(F)(F)O4)CC2)nc1-c1cccc(C(=O)O)c1. The van der Waals surface area contributed by atoms with Crippen molar-refractivity contribution in [3.8, 4) is 45.5 Å². The summed E-state index contributed by atoms with van der Waals surface area (Å²) < 4.78 is 115. The van der Waals surface area contributed by atoms with Crippen LogP contribution in [-0.4, -0.2) is 80.7 Å². The van der Waals surface area contributed by atoms with Gasteiger partial charge in [0.05, 0.1) is 40.3 Å². The van der Waals surface area contributed by atoms with Crippen LogP contribution in [0.3, 0.4) is 0 Å². The molecule has 10 rings (SSSR count). The maximum atomic E-state index is 13.4. The van der Waals surface area contributed by atoms with Crippen molar-refractivity contribution in [1.82, 2.24) is 14.7 Å². The molecule has 19 nitrogen and oxygen atoms in total. The fraction of sp³-hybridized carbons (Fsp3) is 0.240. The quantitative estimate of drug-likeness (QED) is 0.0791. The Morgan fingerprint density at radius 3 is 1.35 bits per heavy atom. The number of nitrogens with two attached hydrogens (primary N) is 1. The molecule has 0 bridgehead atoms. The number of halogens is 4. The molecule has 0 atom stereocenters. The number of rotatable bonds is 11. The second-order valence-corrected chi connectivity index (χ2v) is 21.4. The van der Waals surface area contributed by atoms with Crippen LogP contribution >= 0.6 is 0 Å². The van der Waals surface area contributed by atoms with Crippen LogP contribution in [0.15, 0.2) is 109 Å². The zero-order valence-corrected chi connectivity index (χ0v) is 41.5.